The smallest absolute Gasteiger partial charge is 0.319 e. The van der Waals surface area contributed by atoms with Crippen molar-refractivity contribution in [2.75, 3.05) is 0 Å². The van der Waals surface area contributed by atoms with Crippen LogP contribution in [0.4, 0.5) is 5.69 Å². The molecule has 8 heteroatoms. The molecule has 1 N–H and O–H groups in total. The van der Waals surface area contributed by atoms with Crippen LogP contribution in [0.3, 0.4) is 0 Å². The van der Waals surface area contributed by atoms with Gasteiger partial charge in [-0.1, -0.05) is 11.6 Å². The summed E-state index contributed by atoms with van der Waals surface area (Å²) >= 11 is 7.20. The zero-order valence-corrected chi connectivity index (χ0v) is 12.0. The number of hydrogen-bond acceptors (Lipinski definition) is 5. The molecule has 0 aromatic carbocycles. The fourth-order valence-electron chi connectivity index (χ4n) is 1.62. The Labute approximate surface area is 123 Å². The Morgan fingerprint density at radius 1 is 1.55 bits per heavy atom. The number of thiophene rings is 1. The topological polar surface area (TPSA) is 85.1 Å². The van der Waals surface area contributed by atoms with Gasteiger partial charge in [-0.05, 0) is 34.9 Å². The zero-order valence-electron chi connectivity index (χ0n) is 10.4. The summed E-state index contributed by atoms with van der Waals surface area (Å²) in [6.07, 6.45) is 1.26. The van der Waals surface area contributed by atoms with Crippen molar-refractivity contribution >= 4 is 34.5 Å². The summed E-state index contributed by atoms with van der Waals surface area (Å²) in [5.41, 5.74) is 1.47. The lowest BCUT2D eigenvalue weighted by Gasteiger charge is -2.06. The van der Waals surface area contributed by atoms with Crippen molar-refractivity contribution in [1.29, 1.82) is 0 Å². The van der Waals surface area contributed by atoms with Gasteiger partial charge in [-0.25, -0.2) is 4.98 Å². The zero-order chi connectivity index (χ0) is 14.7. The lowest BCUT2D eigenvalue weighted by molar-refractivity contribution is -0.385. The van der Waals surface area contributed by atoms with Gasteiger partial charge in [0.05, 0.1) is 4.92 Å². The SMILES string of the molecule is Cc1cscc1CNC(=O)c1ccnc(Cl)c1[N+](=O)[O-]. The average Bonchev–Trinajstić information content (AvgIpc) is 2.80. The standard InChI is InChI=1S/C12H10ClN3O3S/c1-7-5-20-6-8(7)4-15-12(17)9-2-3-14-11(13)10(9)16(18)19/h2-3,5-6H,4H2,1H3,(H,15,17). The van der Waals surface area contributed by atoms with Gasteiger partial charge in [0, 0.05) is 12.7 Å². The highest BCUT2D eigenvalue weighted by atomic mass is 35.5. The van der Waals surface area contributed by atoms with E-state index in [4.69, 9.17) is 11.6 Å². The number of halogens is 1. The van der Waals surface area contributed by atoms with Gasteiger partial charge in [0.1, 0.15) is 5.56 Å². The summed E-state index contributed by atoms with van der Waals surface area (Å²) < 4.78 is 0. The monoisotopic (exact) mass is 311 g/mol. The number of nitrogens with one attached hydrogen (secondary N) is 1. The third kappa shape index (κ3) is 2.94. The molecule has 0 aliphatic heterocycles. The molecule has 0 atom stereocenters. The van der Waals surface area contributed by atoms with E-state index in [0.29, 0.717) is 6.54 Å². The number of aromatic nitrogens is 1. The maximum atomic E-state index is 12.0. The van der Waals surface area contributed by atoms with Gasteiger partial charge in [-0.3, -0.25) is 14.9 Å². The maximum Gasteiger partial charge on any atom is 0.319 e. The van der Waals surface area contributed by atoms with Crippen LogP contribution in [0, 0.1) is 17.0 Å². The number of rotatable bonds is 4. The first-order chi connectivity index (χ1) is 9.50. The first-order valence-electron chi connectivity index (χ1n) is 5.59. The van der Waals surface area contributed by atoms with Crippen molar-refractivity contribution in [2.45, 2.75) is 13.5 Å². The average molecular weight is 312 g/mol. The molecule has 0 aliphatic rings. The molecular formula is C12H10ClN3O3S. The summed E-state index contributed by atoms with van der Waals surface area (Å²) in [5.74, 6) is -0.549. The first-order valence-corrected chi connectivity index (χ1v) is 6.91. The second kappa shape index (κ2) is 5.98. The van der Waals surface area contributed by atoms with Gasteiger partial charge >= 0.3 is 5.69 Å². The molecule has 2 aromatic rings. The van der Waals surface area contributed by atoms with Crippen molar-refractivity contribution in [3.05, 3.63) is 55.0 Å². The van der Waals surface area contributed by atoms with Crippen molar-refractivity contribution in [3.8, 4) is 0 Å². The maximum absolute atomic E-state index is 12.0. The Balaban J connectivity index is 2.20. The molecule has 6 nitrogen and oxygen atoms in total. The molecule has 1 amide bonds. The molecule has 20 heavy (non-hydrogen) atoms. The Bertz CT molecular complexity index is 672. The molecule has 104 valence electrons. The summed E-state index contributed by atoms with van der Waals surface area (Å²) in [6.45, 7) is 2.25. The van der Waals surface area contributed by atoms with E-state index in [0.717, 1.165) is 11.1 Å². The summed E-state index contributed by atoms with van der Waals surface area (Å²) in [6, 6.07) is 1.28. The minimum atomic E-state index is -0.708. The largest absolute Gasteiger partial charge is 0.348 e. The molecular weight excluding hydrogens is 302 g/mol. The van der Waals surface area contributed by atoms with Gasteiger partial charge in [0.15, 0.2) is 0 Å². The van der Waals surface area contributed by atoms with E-state index in [9.17, 15) is 14.9 Å². The number of carbonyl (C=O) groups excluding carboxylic acids is 1. The van der Waals surface area contributed by atoms with E-state index in [-0.39, 0.29) is 10.7 Å². The molecule has 0 spiro atoms. The van der Waals surface area contributed by atoms with Crippen LogP contribution in [0.5, 0.6) is 0 Å². The Kier molecular flexibility index (Phi) is 4.31. The van der Waals surface area contributed by atoms with Gasteiger partial charge in [0.2, 0.25) is 5.15 Å². The Morgan fingerprint density at radius 3 is 2.90 bits per heavy atom. The van der Waals surface area contributed by atoms with Crippen molar-refractivity contribution in [3.63, 3.8) is 0 Å². The van der Waals surface area contributed by atoms with Gasteiger partial charge in [-0.2, -0.15) is 11.3 Å². The molecule has 2 aromatic heterocycles. The highest BCUT2D eigenvalue weighted by Gasteiger charge is 2.24. The van der Waals surface area contributed by atoms with E-state index in [1.807, 2.05) is 17.7 Å². The number of amides is 1. The lowest BCUT2D eigenvalue weighted by atomic mass is 10.2. The Morgan fingerprint density at radius 2 is 2.30 bits per heavy atom. The van der Waals surface area contributed by atoms with Crippen molar-refractivity contribution < 1.29 is 9.72 Å². The summed E-state index contributed by atoms with van der Waals surface area (Å²) in [5, 5.41) is 17.2. The van der Waals surface area contributed by atoms with Crippen LogP contribution >= 0.6 is 22.9 Å². The number of nitro groups is 1. The normalized spacial score (nSPS) is 10.3. The van der Waals surface area contributed by atoms with Crippen molar-refractivity contribution in [1.82, 2.24) is 10.3 Å². The van der Waals surface area contributed by atoms with Crippen LogP contribution in [0.25, 0.3) is 0 Å². The van der Waals surface area contributed by atoms with E-state index in [1.165, 1.54) is 23.6 Å². The van der Waals surface area contributed by atoms with E-state index >= 15 is 0 Å². The van der Waals surface area contributed by atoms with Gasteiger partial charge < -0.3 is 5.32 Å². The van der Waals surface area contributed by atoms with Crippen LogP contribution in [0.1, 0.15) is 21.5 Å². The third-order valence-corrected chi connectivity index (χ3v) is 3.89. The van der Waals surface area contributed by atoms with Crippen LogP contribution < -0.4 is 5.32 Å². The summed E-state index contributed by atoms with van der Waals surface area (Å²) in [4.78, 5) is 25.9. The Hall–Kier alpha value is -1.99. The van der Waals surface area contributed by atoms with Crippen molar-refractivity contribution in [2.24, 2.45) is 0 Å². The number of pyridine rings is 1. The second-order valence-corrected chi connectivity index (χ2v) is 5.12. The molecule has 0 unspecified atom stereocenters. The second-order valence-electron chi connectivity index (χ2n) is 4.02. The molecule has 0 saturated heterocycles. The molecule has 2 rings (SSSR count). The minimum absolute atomic E-state index is 0.0946. The molecule has 0 bridgehead atoms. The highest BCUT2D eigenvalue weighted by molar-refractivity contribution is 7.08. The van der Waals surface area contributed by atoms with Crippen LogP contribution in [0.2, 0.25) is 5.15 Å². The van der Waals surface area contributed by atoms with Crippen LogP contribution in [-0.4, -0.2) is 15.8 Å². The number of hydrogen-bond donors (Lipinski definition) is 1. The quantitative estimate of drug-likeness (QED) is 0.534. The molecule has 0 fully saturated rings. The van der Waals surface area contributed by atoms with E-state index in [1.54, 1.807) is 0 Å². The molecule has 0 aliphatic carbocycles. The highest BCUT2D eigenvalue weighted by Crippen LogP contribution is 2.26. The van der Waals surface area contributed by atoms with E-state index in [2.05, 4.69) is 10.3 Å². The number of carbonyl (C=O) groups is 1. The summed E-state index contributed by atoms with van der Waals surface area (Å²) in [7, 11) is 0. The van der Waals surface area contributed by atoms with Gasteiger partial charge in [-0.15, -0.1) is 0 Å². The molecule has 0 radical (unpaired) electrons. The van der Waals surface area contributed by atoms with E-state index < -0.39 is 16.5 Å². The first kappa shape index (κ1) is 14.4. The fourth-order valence-corrected chi connectivity index (χ4v) is 2.71. The number of nitrogens with zero attached hydrogens (tertiary/aromatic N) is 2. The molecule has 0 saturated carbocycles. The van der Waals surface area contributed by atoms with Crippen LogP contribution in [-0.2, 0) is 6.54 Å². The van der Waals surface area contributed by atoms with Crippen LogP contribution in [0.15, 0.2) is 23.0 Å². The fraction of sp³-hybridized carbons (Fsp3) is 0.167. The third-order valence-electron chi connectivity index (χ3n) is 2.71. The molecule has 2 heterocycles. The predicted octanol–water partition coefficient (Wildman–Crippen LogP) is 2.94. The minimum Gasteiger partial charge on any atom is -0.348 e. The predicted molar refractivity (Wildman–Crippen MR) is 76.1 cm³/mol. The lowest BCUT2D eigenvalue weighted by Crippen LogP contribution is -2.24. The number of aryl methyl sites for hydroxylation is 1. The van der Waals surface area contributed by atoms with Gasteiger partial charge in [0.25, 0.3) is 5.91 Å².